The van der Waals surface area contributed by atoms with E-state index in [4.69, 9.17) is 4.74 Å². The zero-order chi connectivity index (χ0) is 26.6. The molecule has 0 saturated heterocycles. The normalized spacial score (nSPS) is 9.82. The predicted molar refractivity (Wildman–Crippen MR) is 134 cm³/mol. The van der Waals surface area contributed by atoms with Crippen molar-refractivity contribution in [1.29, 1.82) is 0 Å². The second-order valence-electron chi connectivity index (χ2n) is 8.30. The van der Waals surface area contributed by atoms with Crippen LogP contribution in [0.15, 0.2) is 24.3 Å². The number of ketones is 2. The SMILES string of the molecule is CC(=O)CC(=O)Cc1ccc([N-]C(=O)CC(=O)[N-]CCOCCCC(=O)NCCCCCC=O)cc1.[Rb+].[Rb+]. The summed E-state index contributed by atoms with van der Waals surface area (Å²) in [6, 6.07) is 6.44. The third kappa shape index (κ3) is 23.0. The van der Waals surface area contributed by atoms with Crippen LogP contribution in [-0.2, 0) is 39.9 Å². The van der Waals surface area contributed by atoms with Crippen LogP contribution in [-0.4, -0.2) is 61.9 Å². The Morgan fingerprint density at radius 2 is 1.61 bits per heavy atom. The Kier molecular flexibility index (Phi) is 27.7. The van der Waals surface area contributed by atoms with Crippen molar-refractivity contribution in [3.05, 3.63) is 40.5 Å². The van der Waals surface area contributed by atoms with Crippen molar-refractivity contribution in [1.82, 2.24) is 5.32 Å². The third-order valence-electron chi connectivity index (χ3n) is 4.88. The minimum atomic E-state index is -0.625. The van der Waals surface area contributed by atoms with E-state index in [2.05, 4.69) is 16.0 Å². The summed E-state index contributed by atoms with van der Waals surface area (Å²) in [5, 5.41) is 10.4. The first kappa shape index (κ1) is 40.3. The summed E-state index contributed by atoms with van der Waals surface area (Å²) in [5.41, 5.74) is 1.07. The number of aldehydes is 1. The molecule has 1 aromatic carbocycles. The fraction of sp³-hybridized carbons (Fsp3) is 0.538. The van der Waals surface area contributed by atoms with Gasteiger partial charge in [0.2, 0.25) is 5.91 Å². The maximum atomic E-state index is 12.0. The molecule has 198 valence electrons. The Labute approximate surface area is 322 Å². The van der Waals surface area contributed by atoms with Crippen LogP contribution in [0.2, 0.25) is 0 Å². The van der Waals surface area contributed by atoms with Gasteiger partial charge in [-0.3, -0.25) is 14.4 Å². The molecule has 0 unspecified atom stereocenters. The summed E-state index contributed by atoms with van der Waals surface area (Å²) >= 11 is 0. The summed E-state index contributed by atoms with van der Waals surface area (Å²) in [5.74, 6) is -1.63. The van der Waals surface area contributed by atoms with Crippen molar-refractivity contribution in [2.75, 3.05) is 26.3 Å². The van der Waals surface area contributed by atoms with Crippen molar-refractivity contribution in [3.63, 3.8) is 0 Å². The van der Waals surface area contributed by atoms with Gasteiger partial charge in [-0.2, -0.15) is 0 Å². The van der Waals surface area contributed by atoms with Crippen molar-refractivity contribution in [3.8, 4) is 0 Å². The number of nitrogens with one attached hydrogen (secondary N) is 1. The number of nitrogens with zero attached hydrogens (tertiary/aromatic N) is 2. The Hall–Kier alpha value is 0.210. The van der Waals surface area contributed by atoms with Crippen LogP contribution in [0, 0.1) is 0 Å². The zero-order valence-electron chi connectivity index (χ0n) is 22.8. The summed E-state index contributed by atoms with van der Waals surface area (Å²) in [6.45, 7) is 2.64. The fourth-order valence-electron chi connectivity index (χ4n) is 3.14. The topological polar surface area (TPSA) is 152 Å². The molecule has 1 rings (SSSR count). The first-order chi connectivity index (χ1) is 17.3. The smallest absolute Gasteiger partial charge is 0.651 e. The van der Waals surface area contributed by atoms with Crippen LogP contribution in [0.3, 0.4) is 0 Å². The van der Waals surface area contributed by atoms with Crippen LogP contribution >= 0.6 is 0 Å². The van der Waals surface area contributed by atoms with E-state index in [0.717, 1.165) is 25.5 Å². The van der Waals surface area contributed by atoms with E-state index in [0.29, 0.717) is 43.7 Å². The van der Waals surface area contributed by atoms with Crippen LogP contribution < -0.4 is 122 Å². The summed E-state index contributed by atoms with van der Waals surface area (Å²) in [7, 11) is 0. The number of hydrogen-bond acceptors (Lipinski definition) is 7. The van der Waals surface area contributed by atoms with E-state index in [-0.39, 0.29) is 160 Å². The van der Waals surface area contributed by atoms with Gasteiger partial charge in [-0.05, 0) is 31.7 Å². The zero-order valence-corrected chi connectivity index (χ0v) is 32.7. The minimum absolute atomic E-state index is 0. The van der Waals surface area contributed by atoms with Crippen LogP contribution in [0.4, 0.5) is 5.69 Å². The number of carbonyl (C=O) groups excluding carboxylic acids is 6. The van der Waals surface area contributed by atoms with Crippen molar-refractivity contribution in [2.45, 2.75) is 64.7 Å². The third-order valence-corrected chi connectivity index (χ3v) is 4.88. The Bertz CT molecular complexity index is 880. The first-order valence-electron chi connectivity index (χ1n) is 12.1. The molecule has 1 N–H and O–H groups in total. The molecular weight excluding hydrogens is 637 g/mol. The van der Waals surface area contributed by atoms with Crippen molar-refractivity contribution in [2.24, 2.45) is 0 Å². The number of amides is 3. The monoisotopic (exact) mass is 671 g/mol. The van der Waals surface area contributed by atoms with Gasteiger partial charge in [0.1, 0.15) is 17.9 Å². The molecule has 0 aliphatic carbocycles. The molecule has 0 saturated carbocycles. The molecule has 0 atom stereocenters. The molecule has 3 amide bonds. The number of carbonyl (C=O) groups is 6. The largest absolute Gasteiger partial charge is 1.00 e. The van der Waals surface area contributed by atoms with E-state index in [1.165, 1.54) is 6.92 Å². The number of unbranched alkanes of at least 4 members (excludes halogenated alkanes) is 3. The minimum Gasteiger partial charge on any atom is -0.651 e. The second-order valence-corrected chi connectivity index (χ2v) is 8.30. The first-order valence-corrected chi connectivity index (χ1v) is 12.1. The molecule has 1 aromatic rings. The van der Waals surface area contributed by atoms with Gasteiger partial charge >= 0.3 is 116 Å². The molecule has 0 spiro atoms. The Morgan fingerprint density at radius 3 is 2.26 bits per heavy atom. The van der Waals surface area contributed by atoms with E-state index in [1.807, 2.05) is 0 Å². The molecule has 0 heterocycles. The molecule has 12 heteroatoms. The second kappa shape index (κ2) is 26.1. The van der Waals surface area contributed by atoms with E-state index in [9.17, 15) is 28.8 Å². The summed E-state index contributed by atoms with van der Waals surface area (Å²) < 4.78 is 5.35. The quantitative estimate of drug-likeness (QED) is 0.0899. The molecule has 38 heavy (non-hydrogen) atoms. The number of ether oxygens (including phenoxy) is 1. The van der Waals surface area contributed by atoms with Gasteiger partial charge in [-0.1, -0.05) is 30.7 Å². The van der Waals surface area contributed by atoms with Gasteiger partial charge in [0, 0.05) is 45.4 Å². The molecule has 0 bridgehead atoms. The molecule has 0 radical (unpaired) electrons. The average molecular weight is 673 g/mol. The summed E-state index contributed by atoms with van der Waals surface area (Å²) in [4.78, 5) is 68.4. The van der Waals surface area contributed by atoms with E-state index in [1.54, 1.807) is 24.3 Å². The number of benzene rings is 1. The van der Waals surface area contributed by atoms with Crippen molar-refractivity contribution >= 4 is 41.3 Å². The molecule has 0 aliphatic heterocycles. The molecule has 0 aromatic heterocycles. The van der Waals surface area contributed by atoms with Crippen molar-refractivity contribution < 1.29 is 150 Å². The number of hydrogen-bond donors (Lipinski definition) is 1. The molecule has 0 fully saturated rings. The maximum absolute atomic E-state index is 12.0. The average Bonchev–Trinajstić information content (AvgIpc) is 2.81. The van der Waals surface area contributed by atoms with Gasteiger partial charge in [0.05, 0.1) is 18.2 Å². The molecule has 0 aliphatic rings. The van der Waals surface area contributed by atoms with Crippen LogP contribution in [0.1, 0.15) is 63.9 Å². The van der Waals surface area contributed by atoms with E-state index < -0.39 is 18.2 Å². The van der Waals surface area contributed by atoms with Gasteiger partial charge in [0.25, 0.3) is 0 Å². The standard InChI is InChI=1S/C26H37N3O7.2Rb/c1-20(31)17-23(32)18-21-8-10-22(11-9-21)29-26(35)19-25(34)28-13-16-36-15-6-7-24(33)27-12-4-2-3-5-14-30;;/h8-11,14H,2-7,12-13,15-19H2,1H3,(H3,27,28,29,33,34,35);;/q;2*+1/p-2. The Morgan fingerprint density at radius 1 is 0.895 bits per heavy atom. The van der Waals surface area contributed by atoms with Crippen LogP contribution in [0.5, 0.6) is 0 Å². The van der Waals surface area contributed by atoms with Gasteiger partial charge in [-0.15, -0.1) is 12.2 Å². The summed E-state index contributed by atoms with van der Waals surface area (Å²) in [6.07, 6.45) is 4.51. The maximum Gasteiger partial charge on any atom is 1.00 e. The fourth-order valence-corrected chi connectivity index (χ4v) is 3.14. The van der Waals surface area contributed by atoms with Crippen LogP contribution in [0.25, 0.3) is 10.6 Å². The Balaban J connectivity index is 0. The predicted octanol–water partition coefficient (Wildman–Crippen LogP) is -2.72. The van der Waals surface area contributed by atoms with E-state index >= 15 is 0 Å². The van der Waals surface area contributed by atoms with Gasteiger partial charge in [-0.25, -0.2) is 0 Å². The molecule has 10 nitrogen and oxygen atoms in total. The van der Waals surface area contributed by atoms with Gasteiger partial charge in [0.15, 0.2) is 0 Å². The number of rotatable bonds is 20. The van der Waals surface area contributed by atoms with Gasteiger partial charge < -0.3 is 35.1 Å². The molecular formula is C26H35N3O7Rb2. The number of Topliss-reactive ketones (excluding diaryl/α,β-unsaturated/α-hetero) is 2.